The number of fused-ring (bicyclic) bond motifs is 1. The molecule has 6 nitrogen and oxygen atoms in total. The van der Waals surface area contributed by atoms with Gasteiger partial charge < -0.3 is 15.0 Å². The Bertz CT molecular complexity index is 542. The largest absolute Gasteiger partial charge is 0.381 e. The number of nitrogens with one attached hydrogen (secondary N) is 1. The van der Waals surface area contributed by atoms with Crippen LogP contribution in [0.1, 0.15) is 12.8 Å². The second-order valence-electron chi connectivity index (χ2n) is 4.52. The number of halogens is 1. The Kier molecular flexibility index (Phi) is 3.17. The van der Waals surface area contributed by atoms with Crippen LogP contribution in [0.3, 0.4) is 0 Å². The van der Waals surface area contributed by atoms with Crippen LogP contribution < -0.4 is 10.2 Å². The second kappa shape index (κ2) is 4.71. The van der Waals surface area contributed by atoms with E-state index in [1.165, 1.54) is 0 Å². The van der Waals surface area contributed by atoms with Crippen molar-refractivity contribution in [3.8, 4) is 6.07 Å². The van der Waals surface area contributed by atoms with Crippen molar-refractivity contribution in [2.75, 3.05) is 23.4 Å². The average Bonchev–Trinajstić information content (AvgIpc) is 2.75. The first kappa shape index (κ1) is 12.8. The smallest absolute Gasteiger partial charge is 0.224 e. The summed E-state index contributed by atoms with van der Waals surface area (Å²) in [5, 5.41) is 12.9. The highest BCUT2D eigenvalue weighted by molar-refractivity contribution is 7.81. The number of aromatic nitrogens is 2. The Hall–Kier alpha value is -1.23. The van der Waals surface area contributed by atoms with Gasteiger partial charge in [-0.3, -0.25) is 0 Å². The fourth-order valence-electron chi connectivity index (χ4n) is 2.51. The van der Waals surface area contributed by atoms with Gasteiger partial charge in [0.25, 0.3) is 0 Å². The Balaban J connectivity index is 2.05. The molecule has 2 aliphatic rings. The molecule has 0 aliphatic carbocycles. The van der Waals surface area contributed by atoms with Gasteiger partial charge in [0.1, 0.15) is 11.0 Å². The van der Waals surface area contributed by atoms with Crippen LogP contribution in [0.4, 0.5) is 11.5 Å². The molecule has 0 radical (unpaired) electrons. The van der Waals surface area contributed by atoms with E-state index >= 15 is 0 Å². The van der Waals surface area contributed by atoms with Gasteiger partial charge in [-0.1, -0.05) is 0 Å². The maximum atomic E-state index is 9.63. The van der Waals surface area contributed by atoms with E-state index in [2.05, 4.69) is 34.0 Å². The van der Waals surface area contributed by atoms with Crippen LogP contribution in [0.5, 0.6) is 0 Å². The van der Waals surface area contributed by atoms with Crippen molar-refractivity contribution in [3.05, 3.63) is 11.5 Å². The molecule has 0 saturated carbocycles. The van der Waals surface area contributed by atoms with Crippen LogP contribution in [0.2, 0.25) is 5.28 Å². The van der Waals surface area contributed by atoms with E-state index in [4.69, 9.17) is 16.3 Å². The highest BCUT2D eigenvalue weighted by atomic mass is 35.5. The van der Waals surface area contributed by atoms with Gasteiger partial charge in [0.2, 0.25) is 5.28 Å². The maximum Gasteiger partial charge on any atom is 0.224 e. The molecule has 2 aliphatic heterocycles. The van der Waals surface area contributed by atoms with E-state index in [9.17, 15) is 5.26 Å². The van der Waals surface area contributed by atoms with Gasteiger partial charge in [0, 0.05) is 26.1 Å². The summed E-state index contributed by atoms with van der Waals surface area (Å²) in [5.74, 6) is 0.628. The topological polar surface area (TPSA) is 74.1 Å². The lowest BCUT2D eigenvalue weighted by molar-refractivity contribution is 0.0670. The van der Waals surface area contributed by atoms with Gasteiger partial charge in [0.05, 0.1) is 18.0 Å². The fraction of sp³-hybridized carbons (Fsp3) is 0.545. The first-order valence-electron chi connectivity index (χ1n) is 5.92. The Labute approximate surface area is 121 Å². The molecule has 1 unspecified atom stereocenters. The number of thiol groups is 1. The molecule has 8 heteroatoms. The molecule has 1 N–H and O–H groups in total. The molecule has 0 spiro atoms. The van der Waals surface area contributed by atoms with E-state index in [1.807, 2.05) is 4.90 Å². The summed E-state index contributed by atoms with van der Waals surface area (Å²) in [6, 6.07) is 2.40. The molecule has 100 valence electrons. The van der Waals surface area contributed by atoms with Gasteiger partial charge in [-0.05, 0) is 11.6 Å². The molecule has 19 heavy (non-hydrogen) atoms. The van der Waals surface area contributed by atoms with Crippen molar-refractivity contribution in [2.24, 2.45) is 0 Å². The van der Waals surface area contributed by atoms with Crippen LogP contribution >= 0.6 is 24.2 Å². The van der Waals surface area contributed by atoms with Gasteiger partial charge >= 0.3 is 0 Å². The van der Waals surface area contributed by atoms with Crippen molar-refractivity contribution in [3.63, 3.8) is 0 Å². The van der Waals surface area contributed by atoms with Crippen molar-refractivity contribution in [2.45, 2.75) is 23.9 Å². The van der Waals surface area contributed by atoms with Gasteiger partial charge in [-0.25, -0.2) is 4.98 Å². The quantitative estimate of drug-likeness (QED) is 0.606. The summed E-state index contributed by atoms with van der Waals surface area (Å²) in [7, 11) is 0. The van der Waals surface area contributed by atoms with Gasteiger partial charge in [-0.15, -0.1) is 12.6 Å². The summed E-state index contributed by atoms with van der Waals surface area (Å²) in [6.45, 7) is 1.11. The molecule has 1 saturated heterocycles. The minimum atomic E-state index is -0.666. The summed E-state index contributed by atoms with van der Waals surface area (Å²) < 4.78 is 5.35. The van der Waals surface area contributed by atoms with Crippen LogP contribution in [-0.2, 0) is 4.74 Å². The molecule has 1 aromatic heterocycles. The average molecular weight is 298 g/mol. The van der Waals surface area contributed by atoms with Gasteiger partial charge in [0.15, 0.2) is 5.82 Å². The second-order valence-corrected chi connectivity index (χ2v) is 5.35. The Morgan fingerprint density at radius 3 is 3.00 bits per heavy atom. The minimum absolute atomic E-state index is 0.160. The molecule has 3 heterocycles. The number of anilines is 2. The summed E-state index contributed by atoms with van der Waals surface area (Å²) in [5.41, 5.74) is -0.244. The van der Waals surface area contributed by atoms with Crippen LogP contribution in [0.15, 0.2) is 6.20 Å². The lowest BCUT2D eigenvalue weighted by atomic mass is 9.90. The molecule has 1 fully saturated rings. The number of ether oxygens (including phenoxy) is 1. The van der Waals surface area contributed by atoms with E-state index < -0.39 is 5.54 Å². The molecule has 0 bridgehead atoms. The lowest BCUT2D eigenvalue weighted by Crippen LogP contribution is -2.54. The predicted molar refractivity (Wildman–Crippen MR) is 74.3 cm³/mol. The third-order valence-corrected chi connectivity index (χ3v) is 4.03. The zero-order valence-electron chi connectivity index (χ0n) is 10.0. The van der Waals surface area contributed by atoms with Crippen molar-refractivity contribution < 1.29 is 4.74 Å². The normalized spacial score (nSPS) is 24.5. The molecule has 3 rings (SSSR count). The zero-order valence-corrected chi connectivity index (χ0v) is 11.7. The van der Waals surface area contributed by atoms with E-state index in [-0.39, 0.29) is 10.8 Å². The summed E-state index contributed by atoms with van der Waals surface area (Å²) in [4.78, 5) is 10.0. The predicted octanol–water partition coefficient (Wildman–Crippen LogP) is 1.65. The first-order valence-corrected chi connectivity index (χ1v) is 6.81. The summed E-state index contributed by atoms with van der Waals surface area (Å²) >= 11 is 10.4. The maximum absolute atomic E-state index is 9.63. The highest BCUT2D eigenvalue weighted by Gasteiger charge is 2.46. The van der Waals surface area contributed by atoms with Gasteiger partial charge in [-0.2, -0.15) is 10.2 Å². The highest BCUT2D eigenvalue weighted by Crippen LogP contribution is 2.42. The molecule has 1 atom stereocenters. The lowest BCUT2D eigenvalue weighted by Gasteiger charge is -2.41. The van der Waals surface area contributed by atoms with Crippen molar-refractivity contribution in [1.82, 2.24) is 9.97 Å². The van der Waals surface area contributed by atoms with Crippen LogP contribution in [0.25, 0.3) is 0 Å². The van der Waals surface area contributed by atoms with E-state index in [0.717, 1.165) is 5.69 Å². The van der Waals surface area contributed by atoms with E-state index in [1.54, 1.807) is 6.20 Å². The third kappa shape index (κ3) is 2.00. The first-order chi connectivity index (χ1) is 9.16. The van der Waals surface area contributed by atoms with Crippen molar-refractivity contribution >= 4 is 35.7 Å². The van der Waals surface area contributed by atoms with E-state index in [0.29, 0.717) is 31.9 Å². The third-order valence-electron chi connectivity index (χ3n) is 3.49. The molecule has 0 aromatic carbocycles. The Morgan fingerprint density at radius 2 is 2.32 bits per heavy atom. The molecule has 0 amide bonds. The minimum Gasteiger partial charge on any atom is -0.381 e. The molecule has 1 aromatic rings. The summed E-state index contributed by atoms with van der Waals surface area (Å²) in [6.07, 6.45) is 2.84. The number of hydrogen-bond donors (Lipinski definition) is 2. The van der Waals surface area contributed by atoms with Crippen molar-refractivity contribution in [1.29, 1.82) is 5.26 Å². The SMILES string of the molecule is N#CC1(N2c3nc(Cl)ncc3NC2S)CCOCC1. The Morgan fingerprint density at radius 1 is 1.58 bits per heavy atom. The monoisotopic (exact) mass is 297 g/mol. The molecular weight excluding hydrogens is 286 g/mol. The number of hydrogen-bond acceptors (Lipinski definition) is 7. The number of rotatable bonds is 1. The van der Waals surface area contributed by atoms with Crippen LogP contribution in [-0.4, -0.2) is 34.2 Å². The molecular formula is C11H12ClN5OS. The number of nitrogens with zero attached hydrogens (tertiary/aromatic N) is 4. The standard InChI is InChI=1S/C11H12ClN5OS/c12-9-14-5-7-8(16-9)17(10(19)15-7)11(6-13)1-3-18-4-2-11/h5,10,15,19H,1-4H2. The number of nitriles is 1. The fourth-order valence-corrected chi connectivity index (χ4v) is 3.11. The van der Waals surface area contributed by atoms with Crippen LogP contribution in [0, 0.1) is 11.3 Å². The zero-order chi connectivity index (χ0) is 13.5.